The first-order valence-electron chi connectivity index (χ1n) is 8.73. The third kappa shape index (κ3) is 8.16. The van der Waals surface area contributed by atoms with Gasteiger partial charge in [-0.25, -0.2) is 0 Å². The van der Waals surface area contributed by atoms with Crippen LogP contribution in [0.25, 0.3) is 0 Å². The number of nitrogens with zero attached hydrogens (tertiary/aromatic N) is 1. The maximum atomic E-state index is 12.2. The zero-order valence-corrected chi connectivity index (χ0v) is 15.2. The Bertz CT molecular complexity index is 333. The lowest BCUT2D eigenvalue weighted by atomic mass is 9.89. The Labute approximate surface area is 141 Å². The topological polar surface area (TPSA) is 55.8 Å². The van der Waals surface area contributed by atoms with Gasteiger partial charge in [-0.2, -0.15) is 0 Å². The van der Waals surface area contributed by atoms with Crippen molar-refractivity contribution in [3.8, 4) is 0 Å². The van der Waals surface area contributed by atoms with Crippen LogP contribution in [-0.4, -0.2) is 49.7 Å². The molecule has 0 rings (SSSR count). The second-order valence-electron chi connectivity index (χ2n) is 5.51. The van der Waals surface area contributed by atoms with E-state index in [1.165, 1.54) is 0 Å². The molecular weight excluding hydrogens is 294 g/mol. The Morgan fingerprint density at radius 3 is 1.78 bits per heavy atom. The predicted octanol–water partition coefficient (Wildman–Crippen LogP) is 3.04. The molecule has 0 saturated heterocycles. The number of allylic oxidation sites excluding steroid dienone is 1. The summed E-state index contributed by atoms with van der Waals surface area (Å²) in [5, 5.41) is 0. The van der Waals surface area contributed by atoms with Gasteiger partial charge in [0, 0.05) is 5.92 Å². The van der Waals surface area contributed by atoms with Gasteiger partial charge in [0.1, 0.15) is 0 Å². The van der Waals surface area contributed by atoms with E-state index in [1.807, 2.05) is 0 Å². The van der Waals surface area contributed by atoms with Crippen LogP contribution in [0.1, 0.15) is 47.0 Å². The number of carbonyl (C=O) groups is 2. The van der Waals surface area contributed by atoms with Crippen LogP contribution in [0.2, 0.25) is 0 Å². The van der Waals surface area contributed by atoms with Crippen molar-refractivity contribution < 1.29 is 19.1 Å². The van der Waals surface area contributed by atoms with E-state index in [1.54, 1.807) is 19.9 Å². The molecule has 5 nitrogen and oxygen atoms in total. The number of carbonyl (C=O) groups excluding carboxylic acids is 2. The van der Waals surface area contributed by atoms with E-state index >= 15 is 0 Å². The summed E-state index contributed by atoms with van der Waals surface area (Å²) < 4.78 is 10.1. The molecule has 0 saturated carbocycles. The van der Waals surface area contributed by atoms with Crippen molar-refractivity contribution in [3.63, 3.8) is 0 Å². The molecule has 0 aliphatic rings. The highest BCUT2D eigenvalue weighted by Crippen LogP contribution is 2.22. The standard InChI is InChI=1S/C18H33NO4/c1-6-12-19(13-7-2)14-11-15(8-3)16(17(20)22-9-4)18(21)23-10-5/h8,15-16H,3,6-7,9-14H2,1-2,4-5H3. The maximum absolute atomic E-state index is 12.2. The number of ether oxygens (including phenoxy) is 2. The Morgan fingerprint density at radius 2 is 1.43 bits per heavy atom. The van der Waals surface area contributed by atoms with Crippen LogP contribution in [0.5, 0.6) is 0 Å². The van der Waals surface area contributed by atoms with Gasteiger partial charge in [0.25, 0.3) is 0 Å². The summed E-state index contributed by atoms with van der Waals surface area (Å²) >= 11 is 0. The van der Waals surface area contributed by atoms with Crippen LogP contribution in [0, 0.1) is 11.8 Å². The van der Waals surface area contributed by atoms with Crippen molar-refractivity contribution in [2.45, 2.75) is 47.0 Å². The highest BCUT2D eigenvalue weighted by atomic mass is 16.6. The lowest BCUT2D eigenvalue weighted by molar-refractivity contribution is -0.163. The molecule has 0 aliphatic heterocycles. The summed E-state index contributed by atoms with van der Waals surface area (Å²) in [5.74, 6) is -2.23. The van der Waals surface area contributed by atoms with Crippen molar-refractivity contribution in [3.05, 3.63) is 12.7 Å². The monoisotopic (exact) mass is 327 g/mol. The van der Waals surface area contributed by atoms with Gasteiger partial charge < -0.3 is 14.4 Å². The van der Waals surface area contributed by atoms with Crippen molar-refractivity contribution in [1.29, 1.82) is 0 Å². The molecule has 0 aromatic rings. The van der Waals surface area contributed by atoms with E-state index < -0.39 is 17.9 Å². The van der Waals surface area contributed by atoms with E-state index in [-0.39, 0.29) is 19.1 Å². The fraction of sp³-hybridized carbons (Fsp3) is 0.778. The van der Waals surface area contributed by atoms with E-state index in [0.717, 1.165) is 32.5 Å². The average Bonchev–Trinajstić information content (AvgIpc) is 2.51. The molecule has 5 heteroatoms. The molecule has 0 aromatic heterocycles. The number of hydrogen-bond acceptors (Lipinski definition) is 5. The molecule has 0 amide bonds. The first-order chi connectivity index (χ1) is 11.0. The van der Waals surface area contributed by atoms with Gasteiger partial charge in [-0.3, -0.25) is 9.59 Å². The molecular formula is C18H33NO4. The lowest BCUT2D eigenvalue weighted by Crippen LogP contribution is -2.36. The molecule has 0 fully saturated rings. The van der Waals surface area contributed by atoms with Crippen LogP contribution in [0.4, 0.5) is 0 Å². The SMILES string of the molecule is C=CC(CCN(CCC)CCC)C(C(=O)OCC)C(=O)OCC. The molecule has 0 aliphatic carbocycles. The molecule has 0 radical (unpaired) electrons. The summed E-state index contributed by atoms with van der Waals surface area (Å²) in [6.07, 6.45) is 4.52. The van der Waals surface area contributed by atoms with E-state index in [4.69, 9.17) is 9.47 Å². The Morgan fingerprint density at radius 1 is 0.957 bits per heavy atom. The number of esters is 2. The zero-order chi connectivity index (χ0) is 17.7. The maximum Gasteiger partial charge on any atom is 0.320 e. The van der Waals surface area contributed by atoms with Gasteiger partial charge in [-0.05, 0) is 52.7 Å². The summed E-state index contributed by atoms with van der Waals surface area (Å²) in [6.45, 7) is 14.9. The minimum absolute atomic E-state index is 0.246. The van der Waals surface area contributed by atoms with Crippen molar-refractivity contribution in [2.75, 3.05) is 32.8 Å². The van der Waals surface area contributed by atoms with Gasteiger partial charge in [0.05, 0.1) is 13.2 Å². The molecule has 0 N–H and O–H groups in total. The Kier molecular flexibility index (Phi) is 12.3. The molecule has 1 unspecified atom stereocenters. The third-order valence-corrected chi connectivity index (χ3v) is 3.67. The van der Waals surface area contributed by atoms with Gasteiger partial charge in [0.15, 0.2) is 5.92 Å². The Balaban J connectivity index is 4.95. The van der Waals surface area contributed by atoms with Crippen molar-refractivity contribution in [1.82, 2.24) is 4.90 Å². The molecule has 0 aromatic carbocycles. The smallest absolute Gasteiger partial charge is 0.320 e. The first-order valence-corrected chi connectivity index (χ1v) is 8.73. The van der Waals surface area contributed by atoms with Crippen LogP contribution >= 0.6 is 0 Å². The minimum Gasteiger partial charge on any atom is -0.465 e. The number of rotatable bonds is 13. The average molecular weight is 327 g/mol. The zero-order valence-electron chi connectivity index (χ0n) is 15.2. The molecule has 134 valence electrons. The van der Waals surface area contributed by atoms with Crippen LogP contribution in [0.15, 0.2) is 12.7 Å². The van der Waals surface area contributed by atoms with Gasteiger partial charge in [-0.1, -0.05) is 19.9 Å². The van der Waals surface area contributed by atoms with Gasteiger partial charge in [-0.15, -0.1) is 6.58 Å². The predicted molar refractivity (Wildman–Crippen MR) is 92.1 cm³/mol. The molecule has 0 heterocycles. The number of hydrogen-bond donors (Lipinski definition) is 0. The summed E-state index contributed by atoms with van der Waals surface area (Å²) in [7, 11) is 0. The van der Waals surface area contributed by atoms with E-state index in [0.29, 0.717) is 6.42 Å². The van der Waals surface area contributed by atoms with E-state index in [2.05, 4.69) is 25.3 Å². The second kappa shape index (κ2) is 13.1. The van der Waals surface area contributed by atoms with Crippen LogP contribution < -0.4 is 0 Å². The third-order valence-electron chi connectivity index (χ3n) is 3.67. The van der Waals surface area contributed by atoms with Crippen LogP contribution in [-0.2, 0) is 19.1 Å². The molecule has 23 heavy (non-hydrogen) atoms. The molecule has 1 atom stereocenters. The lowest BCUT2D eigenvalue weighted by Gasteiger charge is -2.26. The highest BCUT2D eigenvalue weighted by molar-refractivity contribution is 5.95. The van der Waals surface area contributed by atoms with E-state index in [9.17, 15) is 9.59 Å². The summed E-state index contributed by atoms with van der Waals surface area (Å²) in [4.78, 5) is 26.7. The highest BCUT2D eigenvalue weighted by Gasteiger charge is 2.35. The largest absolute Gasteiger partial charge is 0.465 e. The Hall–Kier alpha value is -1.36. The van der Waals surface area contributed by atoms with Gasteiger partial charge >= 0.3 is 11.9 Å². The van der Waals surface area contributed by atoms with Crippen molar-refractivity contribution in [2.24, 2.45) is 11.8 Å². The fourth-order valence-corrected chi connectivity index (χ4v) is 2.63. The van der Waals surface area contributed by atoms with Crippen molar-refractivity contribution >= 4 is 11.9 Å². The quantitative estimate of drug-likeness (QED) is 0.296. The first kappa shape index (κ1) is 21.6. The summed E-state index contributed by atoms with van der Waals surface area (Å²) in [6, 6.07) is 0. The van der Waals surface area contributed by atoms with Gasteiger partial charge in [0.2, 0.25) is 0 Å². The minimum atomic E-state index is -0.919. The normalized spacial score (nSPS) is 12.3. The molecule has 0 bridgehead atoms. The second-order valence-corrected chi connectivity index (χ2v) is 5.51. The summed E-state index contributed by atoms with van der Waals surface area (Å²) in [5.41, 5.74) is 0. The fourth-order valence-electron chi connectivity index (χ4n) is 2.63. The molecule has 0 spiro atoms. The van der Waals surface area contributed by atoms with Crippen LogP contribution in [0.3, 0.4) is 0 Å².